The van der Waals surface area contributed by atoms with E-state index in [4.69, 9.17) is 4.98 Å². The molecule has 0 bridgehead atoms. The summed E-state index contributed by atoms with van der Waals surface area (Å²) in [5, 5.41) is 3.47. The van der Waals surface area contributed by atoms with Crippen molar-refractivity contribution in [1.82, 2.24) is 14.9 Å². The highest BCUT2D eigenvalue weighted by Crippen LogP contribution is 2.36. The van der Waals surface area contributed by atoms with Crippen LogP contribution in [0.4, 0.5) is 0 Å². The van der Waals surface area contributed by atoms with Gasteiger partial charge in [-0.2, -0.15) is 0 Å². The lowest BCUT2D eigenvalue weighted by Crippen LogP contribution is -2.27. The predicted octanol–water partition coefficient (Wildman–Crippen LogP) is 3.62. The summed E-state index contributed by atoms with van der Waals surface area (Å²) in [5.41, 5.74) is 3.21. The van der Waals surface area contributed by atoms with Crippen molar-refractivity contribution in [1.29, 1.82) is 0 Å². The van der Waals surface area contributed by atoms with E-state index in [1.54, 1.807) is 0 Å². The monoisotopic (exact) mass is 275 g/mol. The highest BCUT2D eigenvalue weighted by Gasteiger charge is 2.29. The predicted molar refractivity (Wildman–Crippen MR) is 82.9 cm³/mol. The van der Waals surface area contributed by atoms with Crippen molar-refractivity contribution in [2.45, 2.75) is 78.3 Å². The van der Waals surface area contributed by atoms with E-state index in [1.807, 2.05) is 0 Å². The first-order valence-corrected chi connectivity index (χ1v) is 8.39. The first-order chi connectivity index (χ1) is 9.61. The summed E-state index contributed by atoms with van der Waals surface area (Å²) in [7, 11) is 0. The lowest BCUT2D eigenvalue weighted by Gasteiger charge is -2.27. The van der Waals surface area contributed by atoms with E-state index in [-0.39, 0.29) is 0 Å². The topological polar surface area (TPSA) is 29.9 Å². The van der Waals surface area contributed by atoms with Gasteiger partial charge in [0.1, 0.15) is 5.82 Å². The Morgan fingerprint density at radius 3 is 2.75 bits per heavy atom. The molecule has 1 fully saturated rings. The molecule has 3 heteroatoms. The molecule has 2 heterocycles. The Morgan fingerprint density at radius 2 is 2.05 bits per heavy atom. The number of aromatic nitrogens is 2. The molecule has 1 aliphatic carbocycles. The van der Waals surface area contributed by atoms with E-state index < -0.39 is 0 Å². The van der Waals surface area contributed by atoms with Crippen LogP contribution in [-0.4, -0.2) is 16.1 Å². The highest BCUT2D eigenvalue weighted by molar-refractivity contribution is 5.23. The Kier molecular flexibility index (Phi) is 3.89. The molecule has 3 nitrogen and oxygen atoms in total. The maximum Gasteiger partial charge on any atom is 0.112 e. The number of hydrogen-bond acceptors (Lipinski definition) is 2. The second kappa shape index (κ2) is 5.51. The fourth-order valence-electron chi connectivity index (χ4n) is 3.60. The van der Waals surface area contributed by atoms with Crippen LogP contribution in [0.15, 0.2) is 0 Å². The van der Waals surface area contributed by atoms with Gasteiger partial charge in [0.05, 0.1) is 5.69 Å². The Morgan fingerprint density at radius 1 is 1.30 bits per heavy atom. The van der Waals surface area contributed by atoms with Crippen molar-refractivity contribution in [3.05, 3.63) is 17.2 Å². The van der Waals surface area contributed by atoms with Gasteiger partial charge in [-0.1, -0.05) is 33.6 Å². The fraction of sp³-hybridized carbons (Fsp3) is 0.824. The zero-order valence-electron chi connectivity index (χ0n) is 13.3. The van der Waals surface area contributed by atoms with E-state index in [0.29, 0.717) is 11.3 Å². The molecule has 0 radical (unpaired) electrons. The average Bonchev–Trinajstić information content (AvgIpc) is 3.07. The fourth-order valence-corrected chi connectivity index (χ4v) is 3.60. The van der Waals surface area contributed by atoms with Crippen molar-refractivity contribution in [2.24, 2.45) is 5.41 Å². The molecule has 1 saturated carbocycles. The Bertz CT molecular complexity index is 467. The molecule has 0 saturated heterocycles. The van der Waals surface area contributed by atoms with Crippen LogP contribution < -0.4 is 5.32 Å². The van der Waals surface area contributed by atoms with Crippen LogP contribution in [0.1, 0.15) is 76.0 Å². The van der Waals surface area contributed by atoms with Gasteiger partial charge < -0.3 is 9.88 Å². The van der Waals surface area contributed by atoms with Crippen LogP contribution in [-0.2, 0) is 19.5 Å². The van der Waals surface area contributed by atoms with Crippen LogP contribution in [0.2, 0.25) is 0 Å². The summed E-state index contributed by atoms with van der Waals surface area (Å²) < 4.78 is 2.61. The summed E-state index contributed by atoms with van der Waals surface area (Å²) in [4.78, 5) is 5.05. The maximum atomic E-state index is 5.05. The largest absolute Gasteiger partial charge is 0.331 e. The lowest BCUT2D eigenvalue weighted by molar-refractivity contribution is 0.283. The minimum Gasteiger partial charge on any atom is -0.331 e. The quantitative estimate of drug-likeness (QED) is 0.909. The normalized spacial score (nSPS) is 20.4. The summed E-state index contributed by atoms with van der Waals surface area (Å²) in [5.74, 6) is 2.12. The molecule has 1 aromatic rings. The first-order valence-electron chi connectivity index (χ1n) is 8.39. The molecular weight excluding hydrogens is 246 g/mol. The van der Waals surface area contributed by atoms with Crippen molar-refractivity contribution >= 4 is 0 Å². The number of nitrogens with zero attached hydrogens (tertiary/aromatic N) is 2. The zero-order chi connectivity index (χ0) is 14.2. The van der Waals surface area contributed by atoms with Gasteiger partial charge in [0.2, 0.25) is 0 Å². The molecule has 20 heavy (non-hydrogen) atoms. The van der Waals surface area contributed by atoms with Crippen molar-refractivity contribution in [3.8, 4) is 0 Å². The third-order valence-electron chi connectivity index (χ3n) is 5.28. The van der Waals surface area contributed by atoms with Gasteiger partial charge in [0.25, 0.3) is 0 Å². The van der Waals surface area contributed by atoms with Gasteiger partial charge in [-0.05, 0) is 24.7 Å². The van der Waals surface area contributed by atoms with Crippen LogP contribution in [0, 0.1) is 5.41 Å². The summed E-state index contributed by atoms with van der Waals surface area (Å²) >= 11 is 0. The van der Waals surface area contributed by atoms with Gasteiger partial charge in [0, 0.05) is 37.7 Å². The van der Waals surface area contributed by atoms with Crippen LogP contribution in [0.5, 0.6) is 0 Å². The van der Waals surface area contributed by atoms with Gasteiger partial charge in [-0.15, -0.1) is 0 Å². The van der Waals surface area contributed by atoms with Crippen LogP contribution >= 0.6 is 0 Å². The summed E-state index contributed by atoms with van der Waals surface area (Å²) in [6, 6.07) is 0. The van der Waals surface area contributed by atoms with E-state index in [0.717, 1.165) is 26.1 Å². The molecular formula is C17H29N3. The highest BCUT2D eigenvalue weighted by atomic mass is 15.1. The second-order valence-corrected chi connectivity index (χ2v) is 7.38. The van der Waals surface area contributed by atoms with Gasteiger partial charge >= 0.3 is 0 Å². The molecule has 2 aliphatic rings. The van der Waals surface area contributed by atoms with Crippen molar-refractivity contribution in [2.75, 3.05) is 6.54 Å². The molecule has 1 aromatic heterocycles. The number of hydrogen-bond donors (Lipinski definition) is 1. The number of rotatable bonds is 4. The smallest absolute Gasteiger partial charge is 0.112 e. The molecule has 1 aliphatic heterocycles. The summed E-state index contributed by atoms with van der Waals surface area (Å²) in [6.07, 6.45) is 7.83. The number of nitrogens with one attached hydrogen (secondary N) is 1. The Hall–Kier alpha value is -0.830. The van der Waals surface area contributed by atoms with E-state index >= 15 is 0 Å². The number of fused-ring (bicyclic) bond motifs is 1. The SMILES string of the molecule is CCC(C)(C)Cn1c(C2CCCC2)nc2c1CCNC2. The van der Waals surface area contributed by atoms with Crippen LogP contribution in [0.25, 0.3) is 0 Å². The minimum atomic E-state index is 0.368. The van der Waals surface area contributed by atoms with E-state index in [9.17, 15) is 0 Å². The summed E-state index contributed by atoms with van der Waals surface area (Å²) in [6.45, 7) is 10.3. The van der Waals surface area contributed by atoms with Crippen LogP contribution in [0.3, 0.4) is 0 Å². The molecule has 112 valence electrons. The molecule has 0 unspecified atom stereocenters. The zero-order valence-corrected chi connectivity index (χ0v) is 13.3. The Balaban J connectivity index is 1.97. The first kappa shape index (κ1) is 14.1. The Labute approximate surface area is 123 Å². The van der Waals surface area contributed by atoms with Crippen molar-refractivity contribution < 1.29 is 0 Å². The van der Waals surface area contributed by atoms with Gasteiger partial charge in [0.15, 0.2) is 0 Å². The second-order valence-electron chi connectivity index (χ2n) is 7.38. The molecule has 0 amide bonds. The molecule has 1 N–H and O–H groups in total. The molecule has 0 atom stereocenters. The molecule has 0 spiro atoms. The minimum absolute atomic E-state index is 0.368. The van der Waals surface area contributed by atoms with Gasteiger partial charge in [-0.3, -0.25) is 0 Å². The lowest BCUT2D eigenvalue weighted by atomic mass is 9.89. The standard InChI is InChI=1S/C17H29N3/c1-4-17(2,3)12-20-15-9-10-18-11-14(15)19-16(20)13-7-5-6-8-13/h13,18H,4-12H2,1-3H3. The molecule has 3 rings (SSSR count). The van der Waals surface area contributed by atoms with E-state index in [1.165, 1.54) is 49.3 Å². The van der Waals surface area contributed by atoms with Gasteiger partial charge in [-0.25, -0.2) is 4.98 Å². The maximum absolute atomic E-state index is 5.05. The van der Waals surface area contributed by atoms with E-state index in [2.05, 4.69) is 30.7 Å². The number of imidazole rings is 1. The average molecular weight is 275 g/mol. The third kappa shape index (κ3) is 2.65. The third-order valence-corrected chi connectivity index (χ3v) is 5.28. The van der Waals surface area contributed by atoms with Crippen molar-refractivity contribution in [3.63, 3.8) is 0 Å². The molecule has 0 aromatic carbocycles.